The second-order valence-electron chi connectivity index (χ2n) is 8.57. The number of aliphatic hydroxyl groups is 4. The lowest BCUT2D eigenvalue weighted by molar-refractivity contribution is -0.287. The van der Waals surface area contributed by atoms with Gasteiger partial charge in [0.25, 0.3) is 0 Å². The van der Waals surface area contributed by atoms with E-state index in [1.807, 2.05) is 66.4 Å². The molecule has 1 heterocycles. The van der Waals surface area contributed by atoms with Crippen molar-refractivity contribution in [3.8, 4) is 0 Å². The average Bonchev–Trinajstić information content (AvgIpc) is 2.94. The molecule has 12 heteroatoms. The highest BCUT2D eigenvalue weighted by atomic mass is 16.6. The van der Waals surface area contributed by atoms with Crippen LogP contribution in [0.25, 0.3) is 0 Å². The van der Waals surface area contributed by atoms with Gasteiger partial charge in [0.2, 0.25) is 0 Å². The molecule has 206 valence electrons. The molecule has 1 aliphatic rings. The van der Waals surface area contributed by atoms with Crippen molar-refractivity contribution in [2.75, 3.05) is 31.2 Å². The minimum Gasteiger partial charge on any atom is -0.464 e. The summed E-state index contributed by atoms with van der Waals surface area (Å²) in [5.41, 5.74) is 2.40. The predicted molar refractivity (Wildman–Crippen MR) is 135 cm³/mol. The zero-order chi connectivity index (χ0) is 27.5. The summed E-state index contributed by atoms with van der Waals surface area (Å²) in [6.07, 6.45) is -8.29. The first-order chi connectivity index (χ1) is 18.3. The quantitative estimate of drug-likeness (QED) is 0.233. The first kappa shape index (κ1) is 29.1. The van der Waals surface area contributed by atoms with Gasteiger partial charge in [-0.05, 0) is 43.3 Å². The molecule has 0 aliphatic carbocycles. The Morgan fingerprint density at radius 2 is 1.45 bits per heavy atom. The summed E-state index contributed by atoms with van der Waals surface area (Å²) in [6, 6.07) is 16.9. The first-order valence-electron chi connectivity index (χ1n) is 12.3. The van der Waals surface area contributed by atoms with Crippen LogP contribution in [0.15, 0.2) is 64.8 Å². The molecular weight excluding hydrogens is 498 g/mol. The molecule has 0 amide bonds. The van der Waals surface area contributed by atoms with Crippen LogP contribution < -0.4 is 4.90 Å². The van der Waals surface area contributed by atoms with Crippen molar-refractivity contribution in [3.05, 3.63) is 54.6 Å². The molecular formula is C26H33N3O9. The summed E-state index contributed by atoms with van der Waals surface area (Å²) in [7, 11) is 0. The highest BCUT2D eigenvalue weighted by Crippen LogP contribution is 2.22. The molecule has 0 aromatic heterocycles. The van der Waals surface area contributed by atoms with Crippen molar-refractivity contribution in [3.63, 3.8) is 0 Å². The molecule has 1 saturated heterocycles. The molecule has 38 heavy (non-hydrogen) atoms. The number of aliphatic hydroxyl groups excluding tert-OH is 4. The molecule has 2 aromatic rings. The molecule has 3 rings (SSSR count). The maximum Gasteiger partial charge on any atom is 0.306 e. The van der Waals surface area contributed by atoms with E-state index < -0.39 is 49.3 Å². The zero-order valence-electron chi connectivity index (χ0n) is 21.0. The SMILES string of the molecule is CCN(CCOC(=O)CCC(=O)OC[C@H]1O[C@@H](O)[C@H](O)[C@@H](O)[C@H]1O)c1ccc(N=Nc2ccccc2)cc1. The molecule has 0 bridgehead atoms. The molecule has 4 N–H and O–H groups in total. The van der Waals surface area contributed by atoms with Crippen molar-refractivity contribution in [1.29, 1.82) is 0 Å². The van der Waals surface area contributed by atoms with Gasteiger partial charge in [0.15, 0.2) is 6.29 Å². The van der Waals surface area contributed by atoms with E-state index in [9.17, 15) is 30.0 Å². The van der Waals surface area contributed by atoms with Gasteiger partial charge in [-0.2, -0.15) is 10.2 Å². The molecule has 0 unspecified atom stereocenters. The molecule has 1 fully saturated rings. The third-order valence-corrected chi connectivity index (χ3v) is 5.89. The van der Waals surface area contributed by atoms with E-state index in [-0.39, 0.29) is 19.4 Å². The van der Waals surface area contributed by atoms with Gasteiger partial charge in [-0.3, -0.25) is 9.59 Å². The van der Waals surface area contributed by atoms with Gasteiger partial charge in [0, 0.05) is 12.2 Å². The van der Waals surface area contributed by atoms with E-state index >= 15 is 0 Å². The lowest BCUT2D eigenvalue weighted by Gasteiger charge is -2.37. The number of anilines is 1. The fourth-order valence-electron chi connectivity index (χ4n) is 3.67. The lowest BCUT2D eigenvalue weighted by Crippen LogP contribution is -2.58. The Morgan fingerprint density at radius 3 is 2.08 bits per heavy atom. The van der Waals surface area contributed by atoms with Crippen LogP contribution in [0, 0.1) is 0 Å². The van der Waals surface area contributed by atoms with E-state index in [4.69, 9.17) is 14.2 Å². The normalized spacial score (nSPS) is 23.2. The number of nitrogens with zero attached hydrogens (tertiary/aromatic N) is 3. The summed E-state index contributed by atoms with van der Waals surface area (Å²) in [5, 5.41) is 46.9. The maximum absolute atomic E-state index is 12.0. The Bertz CT molecular complexity index is 1050. The largest absolute Gasteiger partial charge is 0.464 e. The van der Waals surface area contributed by atoms with Crippen LogP contribution in [-0.4, -0.2) is 89.4 Å². The number of hydrogen-bond acceptors (Lipinski definition) is 12. The molecule has 0 radical (unpaired) electrons. The van der Waals surface area contributed by atoms with Crippen molar-refractivity contribution in [2.45, 2.75) is 50.5 Å². The second-order valence-corrected chi connectivity index (χ2v) is 8.57. The van der Waals surface area contributed by atoms with Crippen molar-refractivity contribution < 1.29 is 44.2 Å². The van der Waals surface area contributed by atoms with Crippen LogP contribution >= 0.6 is 0 Å². The van der Waals surface area contributed by atoms with Crippen LogP contribution in [0.1, 0.15) is 19.8 Å². The standard InChI is InChI=1S/C26H33N3O9/c1-2-29(19-10-8-18(9-11-19)28-27-17-6-4-3-5-7-17)14-15-36-21(30)12-13-22(31)37-16-20-23(32)24(33)25(34)26(35)38-20/h3-11,20,23-26,32-35H,2,12-16H2,1H3/t20-,23+,24+,25-,26-/m1/s1. The first-order valence-corrected chi connectivity index (χ1v) is 12.3. The topological polar surface area (TPSA) is 171 Å². The van der Waals surface area contributed by atoms with Crippen LogP contribution in [0.5, 0.6) is 0 Å². The number of hydrogen-bond donors (Lipinski definition) is 4. The number of likely N-dealkylation sites (N-methyl/N-ethyl adjacent to an activating group) is 1. The summed E-state index contributed by atoms with van der Waals surface area (Å²) < 4.78 is 15.1. The number of esters is 2. The zero-order valence-corrected chi connectivity index (χ0v) is 21.0. The van der Waals surface area contributed by atoms with Crippen LogP contribution in [0.3, 0.4) is 0 Å². The summed E-state index contributed by atoms with van der Waals surface area (Å²) >= 11 is 0. The Hall–Kier alpha value is -3.42. The van der Waals surface area contributed by atoms with E-state index in [0.717, 1.165) is 11.4 Å². The number of carbonyl (C=O) groups excluding carboxylic acids is 2. The fraction of sp³-hybridized carbons (Fsp3) is 0.462. The Balaban J connectivity index is 1.35. The molecule has 2 aromatic carbocycles. The number of ether oxygens (including phenoxy) is 3. The number of carbonyl (C=O) groups is 2. The number of benzene rings is 2. The number of rotatable bonds is 12. The van der Waals surface area contributed by atoms with Crippen molar-refractivity contribution in [1.82, 2.24) is 0 Å². The fourth-order valence-corrected chi connectivity index (χ4v) is 3.67. The third-order valence-electron chi connectivity index (χ3n) is 5.89. The van der Waals surface area contributed by atoms with E-state index in [1.165, 1.54) is 0 Å². The molecule has 0 saturated carbocycles. The summed E-state index contributed by atoms with van der Waals surface area (Å²) in [4.78, 5) is 26.0. The van der Waals surface area contributed by atoms with Gasteiger partial charge < -0.3 is 39.5 Å². The predicted octanol–water partition coefficient (Wildman–Crippen LogP) is 1.59. The van der Waals surface area contributed by atoms with Crippen LogP contribution in [0.4, 0.5) is 17.1 Å². The van der Waals surface area contributed by atoms with Crippen molar-refractivity contribution >= 4 is 29.0 Å². The van der Waals surface area contributed by atoms with Gasteiger partial charge in [-0.15, -0.1) is 0 Å². The molecule has 0 spiro atoms. The van der Waals surface area contributed by atoms with Crippen LogP contribution in [-0.2, 0) is 23.8 Å². The average molecular weight is 532 g/mol. The Morgan fingerprint density at radius 1 is 0.842 bits per heavy atom. The Labute approximate surface area is 220 Å². The van der Waals surface area contributed by atoms with E-state index in [2.05, 4.69) is 10.2 Å². The minimum absolute atomic E-state index is 0.122. The van der Waals surface area contributed by atoms with Crippen LogP contribution in [0.2, 0.25) is 0 Å². The highest BCUT2D eigenvalue weighted by molar-refractivity contribution is 5.77. The molecule has 12 nitrogen and oxygen atoms in total. The maximum atomic E-state index is 12.0. The van der Waals surface area contributed by atoms with Gasteiger partial charge in [0.05, 0.1) is 30.8 Å². The van der Waals surface area contributed by atoms with E-state index in [0.29, 0.717) is 18.8 Å². The molecule has 1 aliphatic heterocycles. The lowest BCUT2D eigenvalue weighted by atomic mass is 9.99. The smallest absolute Gasteiger partial charge is 0.306 e. The highest BCUT2D eigenvalue weighted by Gasteiger charge is 2.43. The van der Waals surface area contributed by atoms with Gasteiger partial charge >= 0.3 is 11.9 Å². The third kappa shape index (κ3) is 8.57. The van der Waals surface area contributed by atoms with Gasteiger partial charge in [0.1, 0.15) is 37.6 Å². The number of azo groups is 1. The Kier molecular flexibility index (Phi) is 11.1. The summed E-state index contributed by atoms with van der Waals surface area (Å²) in [5.74, 6) is -1.31. The second kappa shape index (κ2) is 14.5. The monoisotopic (exact) mass is 531 g/mol. The minimum atomic E-state index is -1.72. The van der Waals surface area contributed by atoms with Crippen molar-refractivity contribution in [2.24, 2.45) is 10.2 Å². The molecule has 5 atom stereocenters. The van der Waals surface area contributed by atoms with Gasteiger partial charge in [-0.25, -0.2) is 0 Å². The van der Waals surface area contributed by atoms with E-state index in [1.54, 1.807) is 0 Å². The summed E-state index contributed by atoms with van der Waals surface area (Å²) in [6.45, 7) is 2.77. The van der Waals surface area contributed by atoms with Gasteiger partial charge in [-0.1, -0.05) is 18.2 Å².